The molecule has 0 radical (unpaired) electrons. The normalized spacial score (nSPS) is 29.6. The van der Waals surface area contributed by atoms with Gasteiger partial charge in [0.05, 0.1) is 12.5 Å². The summed E-state index contributed by atoms with van der Waals surface area (Å²) in [5.41, 5.74) is 0. The topological polar surface area (TPSA) is 87.1 Å². The Bertz CT molecular complexity index is 326. The van der Waals surface area contributed by atoms with Gasteiger partial charge in [-0.2, -0.15) is 0 Å². The summed E-state index contributed by atoms with van der Waals surface area (Å²) in [6, 6.07) is -0.222. The second-order valence-electron chi connectivity index (χ2n) is 2.97. The first-order valence-corrected chi connectivity index (χ1v) is 5.24. The van der Waals surface area contributed by atoms with E-state index in [0.717, 1.165) is 0 Å². The van der Waals surface area contributed by atoms with E-state index in [2.05, 4.69) is 4.52 Å². The van der Waals surface area contributed by atoms with Gasteiger partial charge in [-0.05, 0) is 6.08 Å². The maximum absolute atomic E-state index is 10.8. The molecule has 2 heterocycles. The van der Waals surface area contributed by atoms with E-state index in [9.17, 15) is 9.36 Å². The molecule has 2 aliphatic rings. The number of nitrogens with zero attached hydrogens (tertiary/aromatic N) is 1. The molecule has 2 rings (SSSR count). The van der Waals surface area contributed by atoms with Crippen LogP contribution in [0.2, 0.25) is 0 Å². The molecule has 0 bridgehead atoms. The summed E-state index contributed by atoms with van der Waals surface area (Å²) in [4.78, 5) is 29.3. The minimum absolute atomic E-state index is 0. The number of β-lactam (4-membered cyclic amide) rings is 1. The van der Waals surface area contributed by atoms with Crippen molar-refractivity contribution in [2.24, 2.45) is 0 Å². The van der Waals surface area contributed by atoms with Crippen molar-refractivity contribution in [1.82, 2.24) is 4.90 Å². The summed E-state index contributed by atoms with van der Waals surface area (Å²) >= 11 is 0. The SMILES string of the molecule is O=C1CC2C(OP(=O)(O)O)C=CN12.[Mo]. The van der Waals surface area contributed by atoms with Crippen molar-refractivity contribution in [3.63, 3.8) is 0 Å². The summed E-state index contributed by atoms with van der Waals surface area (Å²) in [5.74, 6) is -0.0435. The Hall–Kier alpha value is 0.00831. The number of fused-ring (bicyclic) bond motifs is 1. The summed E-state index contributed by atoms with van der Waals surface area (Å²) in [6.45, 7) is 0. The number of carbonyl (C=O) groups is 1. The second-order valence-corrected chi connectivity index (χ2v) is 4.17. The van der Waals surface area contributed by atoms with Crippen LogP contribution in [0.1, 0.15) is 6.42 Å². The zero-order valence-electron chi connectivity index (χ0n) is 6.94. The fourth-order valence-electron chi connectivity index (χ4n) is 1.49. The Morgan fingerprint density at radius 3 is 2.64 bits per heavy atom. The van der Waals surface area contributed by atoms with Crippen LogP contribution in [0.5, 0.6) is 0 Å². The van der Waals surface area contributed by atoms with Crippen LogP contribution in [0.15, 0.2) is 12.3 Å². The molecule has 0 aromatic heterocycles. The monoisotopic (exact) mass is 303 g/mol. The number of amides is 1. The first kappa shape index (κ1) is 12.1. The van der Waals surface area contributed by atoms with Gasteiger partial charge in [0.15, 0.2) is 0 Å². The standard InChI is InChI=1S/C6H8NO5P.Mo/c8-6-3-4-5(1-2-7(4)6)12-13(9,10)11;/h1-2,4-5H,3H2,(H2,9,10,11);. The molecule has 0 aliphatic carbocycles. The number of hydrogen-bond donors (Lipinski definition) is 2. The molecule has 14 heavy (non-hydrogen) atoms. The zero-order chi connectivity index (χ0) is 9.64. The summed E-state index contributed by atoms with van der Waals surface area (Å²) in [6.07, 6.45) is 2.60. The summed E-state index contributed by atoms with van der Waals surface area (Å²) < 4.78 is 14.9. The van der Waals surface area contributed by atoms with Crippen LogP contribution in [0.4, 0.5) is 0 Å². The number of hydrogen-bond acceptors (Lipinski definition) is 3. The van der Waals surface area contributed by atoms with Gasteiger partial charge < -0.3 is 14.7 Å². The molecule has 1 fully saturated rings. The third-order valence-corrected chi connectivity index (χ3v) is 2.62. The minimum atomic E-state index is -4.45. The Labute approximate surface area is 94.4 Å². The number of phosphoric acid groups is 1. The molecule has 2 aliphatic heterocycles. The van der Waals surface area contributed by atoms with Crippen molar-refractivity contribution in [3.05, 3.63) is 12.3 Å². The van der Waals surface area contributed by atoms with Crippen molar-refractivity contribution in [2.75, 3.05) is 0 Å². The predicted molar refractivity (Wildman–Crippen MR) is 41.3 cm³/mol. The number of phosphoric ester groups is 1. The van der Waals surface area contributed by atoms with E-state index < -0.39 is 13.9 Å². The molecule has 8 heteroatoms. The number of rotatable bonds is 2. The van der Waals surface area contributed by atoms with Crippen LogP contribution in [0.25, 0.3) is 0 Å². The maximum Gasteiger partial charge on any atom is 0.470 e. The number of carbonyl (C=O) groups excluding carboxylic acids is 1. The molecule has 0 saturated carbocycles. The van der Waals surface area contributed by atoms with E-state index in [4.69, 9.17) is 9.79 Å². The average molecular weight is 301 g/mol. The Morgan fingerprint density at radius 1 is 1.57 bits per heavy atom. The van der Waals surface area contributed by atoms with E-state index in [-0.39, 0.29) is 39.4 Å². The third kappa shape index (κ3) is 2.15. The zero-order valence-corrected chi connectivity index (χ0v) is 9.84. The fraction of sp³-hybridized carbons (Fsp3) is 0.500. The fourth-order valence-corrected chi connectivity index (χ4v) is 2.02. The van der Waals surface area contributed by atoms with Crippen LogP contribution in [0, 0.1) is 0 Å². The molecular weight excluding hydrogens is 293 g/mol. The van der Waals surface area contributed by atoms with Gasteiger partial charge >= 0.3 is 7.82 Å². The molecule has 2 N–H and O–H groups in total. The second kappa shape index (κ2) is 3.87. The Kier molecular flexibility index (Phi) is 3.34. The largest absolute Gasteiger partial charge is 0.470 e. The Morgan fingerprint density at radius 2 is 2.21 bits per heavy atom. The van der Waals surface area contributed by atoms with Gasteiger partial charge in [0, 0.05) is 27.3 Å². The van der Waals surface area contributed by atoms with E-state index in [0.29, 0.717) is 0 Å². The molecule has 78 valence electrons. The quantitative estimate of drug-likeness (QED) is 0.411. The van der Waals surface area contributed by atoms with Gasteiger partial charge in [-0.15, -0.1) is 0 Å². The first-order chi connectivity index (χ1) is 5.97. The summed E-state index contributed by atoms with van der Waals surface area (Å²) in [7, 11) is -4.45. The van der Waals surface area contributed by atoms with Crippen molar-refractivity contribution < 1.29 is 44.7 Å². The van der Waals surface area contributed by atoms with Crippen LogP contribution in [-0.4, -0.2) is 32.7 Å². The van der Waals surface area contributed by atoms with Gasteiger partial charge in [0.2, 0.25) is 5.91 Å². The van der Waals surface area contributed by atoms with Crippen molar-refractivity contribution in [3.8, 4) is 0 Å². The van der Waals surface area contributed by atoms with Crippen molar-refractivity contribution in [2.45, 2.75) is 18.6 Å². The molecule has 0 spiro atoms. The smallest absolute Gasteiger partial charge is 0.313 e. The van der Waals surface area contributed by atoms with Crippen LogP contribution < -0.4 is 0 Å². The predicted octanol–water partition coefficient (Wildman–Crippen LogP) is -0.410. The molecule has 0 aromatic rings. The van der Waals surface area contributed by atoms with Gasteiger partial charge in [-0.25, -0.2) is 4.57 Å². The maximum atomic E-state index is 10.8. The van der Waals surface area contributed by atoms with Gasteiger partial charge in [0.1, 0.15) is 6.10 Å². The molecule has 2 unspecified atom stereocenters. The van der Waals surface area contributed by atoms with Crippen LogP contribution in [-0.2, 0) is 34.9 Å². The van der Waals surface area contributed by atoms with Gasteiger partial charge in [0.25, 0.3) is 0 Å². The molecule has 6 nitrogen and oxygen atoms in total. The third-order valence-electron chi connectivity index (χ3n) is 2.10. The van der Waals surface area contributed by atoms with Gasteiger partial charge in [-0.1, -0.05) is 0 Å². The molecule has 0 aromatic carbocycles. The molecule has 1 amide bonds. The minimum Gasteiger partial charge on any atom is -0.313 e. The molecular formula is C6H8MoNO5P. The first-order valence-electron chi connectivity index (χ1n) is 3.71. The van der Waals surface area contributed by atoms with Crippen LogP contribution in [0.3, 0.4) is 0 Å². The molecule has 1 saturated heterocycles. The van der Waals surface area contributed by atoms with E-state index in [1.54, 1.807) is 0 Å². The Balaban J connectivity index is 0.000000980. The van der Waals surface area contributed by atoms with Crippen molar-refractivity contribution in [1.29, 1.82) is 0 Å². The van der Waals surface area contributed by atoms with E-state index in [1.165, 1.54) is 17.2 Å². The van der Waals surface area contributed by atoms with Crippen LogP contribution >= 0.6 is 7.82 Å². The van der Waals surface area contributed by atoms with Gasteiger partial charge in [-0.3, -0.25) is 9.32 Å². The van der Waals surface area contributed by atoms with Crippen molar-refractivity contribution >= 4 is 13.7 Å². The summed E-state index contributed by atoms with van der Waals surface area (Å²) in [5, 5.41) is 0. The average Bonchev–Trinajstić information content (AvgIpc) is 2.24. The van der Waals surface area contributed by atoms with E-state index in [1.807, 2.05) is 0 Å². The van der Waals surface area contributed by atoms with E-state index >= 15 is 0 Å². The molecule has 2 atom stereocenters.